The van der Waals surface area contributed by atoms with E-state index < -0.39 is 23.6 Å². The normalized spacial score (nSPS) is 12.4. The molecule has 2 N–H and O–H groups in total. The summed E-state index contributed by atoms with van der Waals surface area (Å²) in [5, 5.41) is 13.3. The summed E-state index contributed by atoms with van der Waals surface area (Å²) in [6.07, 6.45) is -6.10. The van der Waals surface area contributed by atoms with Crippen LogP contribution in [-0.4, -0.2) is 18.2 Å². The van der Waals surface area contributed by atoms with E-state index in [0.29, 0.717) is 12.1 Å². The van der Waals surface area contributed by atoms with E-state index in [0.717, 1.165) is 5.56 Å². The zero-order chi connectivity index (χ0) is 23.0. The van der Waals surface area contributed by atoms with Gasteiger partial charge in [-0.2, -0.15) is 13.2 Å². The largest absolute Gasteiger partial charge is 0.485 e. The molecule has 7 heteroatoms. The molecule has 1 atom stereocenters. The summed E-state index contributed by atoms with van der Waals surface area (Å²) in [4.78, 5) is 0. The Balaban J connectivity index is 2.00. The lowest BCUT2D eigenvalue weighted by molar-refractivity contribution is -0.140. The molecular weight excluding hydrogens is 419 g/mol. The van der Waals surface area contributed by atoms with E-state index in [1.807, 2.05) is 43.3 Å². The van der Waals surface area contributed by atoms with Crippen molar-refractivity contribution in [1.82, 2.24) is 5.32 Å². The number of aliphatic hydroxyl groups excluding tert-OH is 1. The van der Waals surface area contributed by atoms with Crippen molar-refractivity contribution < 1.29 is 27.8 Å². The van der Waals surface area contributed by atoms with Crippen LogP contribution < -0.4 is 14.8 Å². The van der Waals surface area contributed by atoms with Crippen molar-refractivity contribution in [1.29, 1.82) is 0 Å². The summed E-state index contributed by atoms with van der Waals surface area (Å²) in [6.45, 7) is 2.33. The van der Waals surface area contributed by atoms with Crippen molar-refractivity contribution in [2.24, 2.45) is 0 Å². The molecule has 4 nitrogen and oxygen atoms in total. The Labute approximate surface area is 185 Å². The van der Waals surface area contributed by atoms with Crippen LogP contribution in [0, 0.1) is 0 Å². The molecule has 0 aliphatic rings. The third-order valence-corrected chi connectivity index (χ3v) is 4.85. The van der Waals surface area contributed by atoms with Gasteiger partial charge in [0.2, 0.25) is 0 Å². The van der Waals surface area contributed by atoms with Gasteiger partial charge in [-0.05, 0) is 29.3 Å². The molecule has 32 heavy (non-hydrogen) atoms. The average Bonchev–Trinajstić information content (AvgIpc) is 2.80. The predicted molar refractivity (Wildman–Crippen MR) is 116 cm³/mol. The molecule has 0 spiro atoms. The smallest absolute Gasteiger partial charge is 0.420 e. The fraction of sp³-hybridized carbons (Fsp3) is 0.280. The van der Waals surface area contributed by atoms with Gasteiger partial charge in [0.15, 0.2) is 11.5 Å². The van der Waals surface area contributed by atoms with Gasteiger partial charge in [0.1, 0.15) is 18.8 Å². The summed E-state index contributed by atoms with van der Waals surface area (Å²) in [6, 6.07) is 20.7. The highest BCUT2D eigenvalue weighted by molar-refractivity contribution is 5.53. The van der Waals surface area contributed by atoms with Crippen LogP contribution in [0.25, 0.3) is 0 Å². The van der Waals surface area contributed by atoms with Crippen LogP contribution in [-0.2, 0) is 19.4 Å². The predicted octanol–water partition coefficient (Wildman–Crippen LogP) is 5.51. The van der Waals surface area contributed by atoms with E-state index in [4.69, 9.17) is 9.47 Å². The molecular formula is C25H26F3NO3. The summed E-state index contributed by atoms with van der Waals surface area (Å²) in [5.74, 6) is -0.457. The number of benzene rings is 3. The summed E-state index contributed by atoms with van der Waals surface area (Å²) in [5.41, 5.74) is 0.248. The van der Waals surface area contributed by atoms with Crippen molar-refractivity contribution in [2.75, 3.05) is 13.1 Å². The molecule has 0 aromatic heterocycles. The second kappa shape index (κ2) is 11.0. The van der Waals surface area contributed by atoms with Crippen LogP contribution in [0.4, 0.5) is 13.2 Å². The number of rotatable bonds is 10. The molecule has 0 saturated carbocycles. The topological polar surface area (TPSA) is 50.7 Å². The van der Waals surface area contributed by atoms with Gasteiger partial charge in [0.05, 0.1) is 6.10 Å². The maximum atomic E-state index is 14.2. The average molecular weight is 445 g/mol. The minimum atomic E-state index is -4.75. The molecule has 0 heterocycles. The number of hydrogen-bond donors (Lipinski definition) is 2. The lowest BCUT2D eigenvalue weighted by Gasteiger charge is -2.23. The standard InChI is InChI=1S/C25H26F3NO3/c1-2-29-15-21(30)20-13-14-22(31-16-18-9-5-3-6-10-18)24(23(20)25(26,27)28)32-17-19-11-7-4-8-12-19/h3-14,21,29-30H,2,15-17H2,1H3. The van der Waals surface area contributed by atoms with Gasteiger partial charge in [0, 0.05) is 6.54 Å². The van der Waals surface area contributed by atoms with Gasteiger partial charge in [-0.15, -0.1) is 0 Å². The van der Waals surface area contributed by atoms with E-state index in [1.54, 1.807) is 24.3 Å². The van der Waals surface area contributed by atoms with E-state index in [2.05, 4.69) is 5.32 Å². The number of aliphatic hydroxyl groups is 1. The van der Waals surface area contributed by atoms with Crippen molar-refractivity contribution in [3.8, 4) is 11.5 Å². The van der Waals surface area contributed by atoms with Crippen LogP contribution in [0.3, 0.4) is 0 Å². The first-order chi connectivity index (χ1) is 15.4. The fourth-order valence-corrected chi connectivity index (χ4v) is 3.26. The van der Waals surface area contributed by atoms with Gasteiger partial charge in [-0.1, -0.05) is 73.7 Å². The maximum absolute atomic E-state index is 14.2. The quantitative estimate of drug-likeness (QED) is 0.432. The van der Waals surface area contributed by atoms with E-state index in [-0.39, 0.29) is 31.1 Å². The first-order valence-electron chi connectivity index (χ1n) is 10.4. The second-order valence-electron chi connectivity index (χ2n) is 7.23. The van der Waals surface area contributed by atoms with Gasteiger partial charge in [-0.3, -0.25) is 0 Å². The Morgan fingerprint density at radius 1 is 0.844 bits per heavy atom. The zero-order valence-electron chi connectivity index (χ0n) is 17.7. The molecule has 3 rings (SSSR count). The Kier molecular flexibility index (Phi) is 8.14. The molecule has 0 fully saturated rings. The monoisotopic (exact) mass is 445 g/mol. The third kappa shape index (κ3) is 6.24. The first kappa shape index (κ1) is 23.6. The molecule has 0 bridgehead atoms. The number of alkyl halides is 3. The van der Waals surface area contributed by atoms with Gasteiger partial charge in [0.25, 0.3) is 0 Å². The fourth-order valence-electron chi connectivity index (χ4n) is 3.26. The van der Waals surface area contributed by atoms with Crippen LogP contribution in [0.1, 0.15) is 35.3 Å². The van der Waals surface area contributed by atoms with Crippen LogP contribution >= 0.6 is 0 Å². The molecule has 170 valence electrons. The minimum Gasteiger partial charge on any atom is -0.485 e. The molecule has 0 aliphatic heterocycles. The van der Waals surface area contributed by atoms with E-state index >= 15 is 0 Å². The lowest BCUT2D eigenvalue weighted by Crippen LogP contribution is -2.24. The number of nitrogens with one attached hydrogen (secondary N) is 1. The third-order valence-electron chi connectivity index (χ3n) is 4.85. The minimum absolute atomic E-state index is 0.0120. The highest BCUT2D eigenvalue weighted by atomic mass is 19.4. The van der Waals surface area contributed by atoms with Crippen molar-refractivity contribution >= 4 is 0 Å². The second-order valence-corrected chi connectivity index (χ2v) is 7.23. The Hall–Kier alpha value is -3.03. The highest BCUT2D eigenvalue weighted by Gasteiger charge is 2.40. The van der Waals surface area contributed by atoms with Gasteiger partial charge in [-0.25, -0.2) is 0 Å². The molecule has 0 amide bonds. The Morgan fingerprint density at radius 2 is 1.41 bits per heavy atom. The SMILES string of the molecule is CCNCC(O)c1ccc(OCc2ccccc2)c(OCc2ccccc2)c1C(F)(F)F. The number of halogens is 3. The Morgan fingerprint density at radius 3 is 1.94 bits per heavy atom. The first-order valence-corrected chi connectivity index (χ1v) is 10.4. The Bertz CT molecular complexity index is 979. The molecule has 3 aromatic rings. The van der Waals surface area contributed by atoms with E-state index in [1.165, 1.54) is 12.1 Å². The van der Waals surface area contributed by atoms with Crippen molar-refractivity contribution in [3.63, 3.8) is 0 Å². The zero-order valence-corrected chi connectivity index (χ0v) is 17.7. The van der Waals surface area contributed by atoms with E-state index in [9.17, 15) is 18.3 Å². The molecule has 3 aromatic carbocycles. The summed E-state index contributed by atoms with van der Waals surface area (Å²) >= 11 is 0. The van der Waals surface area contributed by atoms with Crippen molar-refractivity contribution in [2.45, 2.75) is 32.4 Å². The molecule has 0 saturated heterocycles. The van der Waals surface area contributed by atoms with Crippen LogP contribution in [0.15, 0.2) is 72.8 Å². The lowest BCUT2D eigenvalue weighted by atomic mass is 9.99. The van der Waals surface area contributed by atoms with Crippen LogP contribution in [0.5, 0.6) is 11.5 Å². The molecule has 1 unspecified atom stereocenters. The number of ether oxygens (including phenoxy) is 2. The maximum Gasteiger partial charge on any atom is 0.420 e. The number of likely N-dealkylation sites (N-methyl/N-ethyl adjacent to an activating group) is 1. The summed E-state index contributed by atoms with van der Waals surface area (Å²) < 4.78 is 54.0. The van der Waals surface area contributed by atoms with Crippen molar-refractivity contribution in [3.05, 3.63) is 95.1 Å². The highest BCUT2D eigenvalue weighted by Crippen LogP contribution is 2.46. The molecule has 0 aliphatic carbocycles. The van der Waals surface area contributed by atoms with Gasteiger partial charge >= 0.3 is 6.18 Å². The summed E-state index contributed by atoms with van der Waals surface area (Å²) in [7, 11) is 0. The molecule has 0 radical (unpaired) electrons. The van der Waals surface area contributed by atoms with Gasteiger partial charge < -0.3 is 19.9 Å². The van der Waals surface area contributed by atoms with Crippen LogP contribution in [0.2, 0.25) is 0 Å². The number of hydrogen-bond acceptors (Lipinski definition) is 4.